The number of fused-ring (bicyclic) bond motifs is 1. The van der Waals surface area contributed by atoms with E-state index in [1.165, 1.54) is 35.7 Å². The Morgan fingerprint density at radius 3 is 2.58 bits per heavy atom. The van der Waals surface area contributed by atoms with Gasteiger partial charge in [0, 0.05) is 24.8 Å². The molecule has 0 spiro atoms. The Bertz CT molecular complexity index is 1090. The molecular weight excluding hydrogens is 406 g/mol. The zero-order valence-corrected chi connectivity index (χ0v) is 18.8. The number of nitrogens with zero attached hydrogens (tertiary/aromatic N) is 5. The average Bonchev–Trinajstić information content (AvgIpc) is 3.50. The molecule has 1 fully saturated rings. The molecule has 7 heteroatoms. The molecule has 2 aliphatic rings. The Balaban J connectivity index is 1.40. The third kappa shape index (κ3) is 3.82. The minimum Gasteiger partial charge on any atom is -0.341 e. The van der Waals surface area contributed by atoms with Gasteiger partial charge >= 0.3 is 0 Å². The van der Waals surface area contributed by atoms with Gasteiger partial charge in [0.15, 0.2) is 5.16 Å². The number of aromatic nitrogens is 3. The normalized spacial score (nSPS) is 17.9. The predicted molar refractivity (Wildman–Crippen MR) is 125 cm³/mol. The van der Waals surface area contributed by atoms with Gasteiger partial charge in [0.2, 0.25) is 11.9 Å². The van der Waals surface area contributed by atoms with Crippen LogP contribution in [-0.2, 0) is 11.2 Å². The minimum absolute atomic E-state index is 0.114. The molecule has 0 radical (unpaired) electrons. The van der Waals surface area contributed by atoms with E-state index in [1.807, 2.05) is 23.1 Å². The number of aryl methyl sites for hydroxylation is 1. The fourth-order valence-electron chi connectivity index (χ4n) is 4.54. The Kier molecular flexibility index (Phi) is 5.44. The molecule has 6 nitrogen and oxygen atoms in total. The number of hydrogen-bond donors (Lipinski definition) is 0. The Hall–Kier alpha value is -2.80. The van der Waals surface area contributed by atoms with Crippen molar-refractivity contribution in [1.29, 1.82) is 0 Å². The van der Waals surface area contributed by atoms with E-state index in [-0.39, 0.29) is 11.9 Å². The molecule has 160 valence electrons. The summed E-state index contributed by atoms with van der Waals surface area (Å²) in [6.07, 6.45) is 3.26. The topological polar surface area (TPSA) is 54.3 Å². The van der Waals surface area contributed by atoms with Crippen molar-refractivity contribution >= 4 is 29.3 Å². The molecular formula is C24H27N5OS. The van der Waals surface area contributed by atoms with Crippen molar-refractivity contribution in [3.8, 4) is 5.69 Å². The van der Waals surface area contributed by atoms with E-state index in [1.54, 1.807) is 0 Å². The number of carbonyl (C=O) groups excluding carboxylic acids is 1. The zero-order chi connectivity index (χ0) is 21.4. The number of amides is 1. The lowest BCUT2D eigenvalue weighted by Crippen LogP contribution is -2.37. The van der Waals surface area contributed by atoms with Crippen molar-refractivity contribution in [2.75, 3.05) is 28.6 Å². The zero-order valence-electron chi connectivity index (χ0n) is 18.0. The lowest BCUT2D eigenvalue weighted by molar-refractivity contribution is -0.116. The first-order valence-corrected chi connectivity index (χ1v) is 11.9. The molecule has 3 heterocycles. The highest BCUT2D eigenvalue weighted by atomic mass is 32.2. The van der Waals surface area contributed by atoms with Gasteiger partial charge in [-0.15, -0.1) is 10.2 Å². The first-order valence-electron chi connectivity index (χ1n) is 10.9. The number of benzene rings is 2. The van der Waals surface area contributed by atoms with E-state index >= 15 is 0 Å². The predicted octanol–water partition coefficient (Wildman–Crippen LogP) is 4.25. The van der Waals surface area contributed by atoms with Gasteiger partial charge in [-0.2, -0.15) is 0 Å². The summed E-state index contributed by atoms with van der Waals surface area (Å²) in [5.74, 6) is 1.32. The summed E-state index contributed by atoms with van der Waals surface area (Å²) in [6, 6.07) is 16.8. The van der Waals surface area contributed by atoms with E-state index in [4.69, 9.17) is 0 Å². The van der Waals surface area contributed by atoms with Gasteiger partial charge in [-0.1, -0.05) is 47.7 Å². The summed E-state index contributed by atoms with van der Waals surface area (Å²) in [6.45, 7) is 6.19. The fraction of sp³-hybridized carbons (Fsp3) is 0.375. The number of anilines is 2. The Labute approximate surface area is 187 Å². The summed E-state index contributed by atoms with van der Waals surface area (Å²) in [4.78, 5) is 17.4. The molecule has 1 aromatic heterocycles. The summed E-state index contributed by atoms with van der Waals surface area (Å²) in [5, 5.41) is 9.76. The monoisotopic (exact) mass is 433 g/mol. The van der Waals surface area contributed by atoms with Crippen LogP contribution in [0.15, 0.2) is 53.7 Å². The molecule has 0 bridgehead atoms. The molecule has 1 atom stereocenters. The molecule has 31 heavy (non-hydrogen) atoms. The summed E-state index contributed by atoms with van der Waals surface area (Å²) in [5.41, 5.74) is 4.53. The second-order valence-corrected chi connectivity index (χ2v) is 9.32. The smallest absolute Gasteiger partial charge is 0.237 e. The Morgan fingerprint density at radius 2 is 1.81 bits per heavy atom. The molecule has 1 saturated heterocycles. The van der Waals surface area contributed by atoms with Crippen LogP contribution in [0.3, 0.4) is 0 Å². The van der Waals surface area contributed by atoms with Crippen LogP contribution < -0.4 is 9.80 Å². The van der Waals surface area contributed by atoms with Gasteiger partial charge < -0.3 is 9.80 Å². The largest absolute Gasteiger partial charge is 0.341 e. The van der Waals surface area contributed by atoms with Crippen molar-refractivity contribution < 1.29 is 4.79 Å². The van der Waals surface area contributed by atoms with Crippen molar-refractivity contribution in [2.24, 2.45) is 0 Å². The first-order chi connectivity index (χ1) is 15.1. The summed E-state index contributed by atoms with van der Waals surface area (Å²) < 4.78 is 2.10. The molecule has 1 amide bonds. The maximum atomic E-state index is 13.2. The number of rotatable bonds is 5. The van der Waals surface area contributed by atoms with Crippen LogP contribution in [0.1, 0.15) is 30.9 Å². The third-order valence-corrected chi connectivity index (χ3v) is 7.01. The van der Waals surface area contributed by atoms with Crippen molar-refractivity contribution in [3.63, 3.8) is 0 Å². The second kappa shape index (κ2) is 8.38. The standard InChI is InChI=1S/C24H27N5OS/c1-17-9-11-20(12-10-17)29-23(27-13-5-6-14-27)25-26-24(29)31-16-22(30)28-18(2)15-19-7-3-4-8-21(19)28/h3-4,7-12,18H,5-6,13-16H2,1-2H3. The molecule has 5 rings (SSSR count). The number of thioether (sulfide) groups is 1. The van der Waals surface area contributed by atoms with Crippen LogP contribution >= 0.6 is 11.8 Å². The highest BCUT2D eigenvalue weighted by molar-refractivity contribution is 7.99. The molecule has 0 N–H and O–H groups in total. The van der Waals surface area contributed by atoms with Gasteiger partial charge in [0.05, 0.1) is 11.4 Å². The fourth-order valence-corrected chi connectivity index (χ4v) is 5.35. The van der Waals surface area contributed by atoms with Crippen LogP contribution in [0.25, 0.3) is 5.69 Å². The molecule has 2 aliphatic heterocycles. The summed E-state index contributed by atoms with van der Waals surface area (Å²) >= 11 is 1.47. The maximum Gasteiger partial charge on any atom is 0.237 e. The van der Waals surface area contributed by atoms with E-state index < -0.39 is 0 Å². The second-order valence-electron chi connectivity index (χ2n) is 8.38. The van der Waals surface area contributed by atoms with Crippen LogP contribution in [0.4, 0.5) is 11.6 Å². The molecule has 3 aromatic rings. The van der Waals surface area contributed by atoms with Crippen molar-refractivity contribution in [1.82, 2.24) is 14.8 Å². The molecule has 0 aliphatic carbocycles. The molecule has 1 unspecified atom stereocenters. The number of para-hydroxylation sites is 1. The van der Waals surface area contributed by atoms with Crippen LogP contribution in [0.5, 0.6) is 0 Å². The van der Waals surface area contributed by atoms with E-state index in [2.05, 4.69) is 63.8 Å². The lowest BCUT2D eigenvalue weighted by Gasteiger charge is -2.22. The number of carbonyl (C=O) groups is 1. The van der Waals surface area contributed by atoms with E-state index in [0.29, 0.717) is 5.75 Å². The third-order valence-electron chi connectivity index (χ3n) is 6.10. The van der Waals surface area contributed by atoms with Gasteiger partial charge in [0.25, 0.3) is 0 Å². The van der Waals surface area contributed by atoms with Gasteiger partial charge in [-0.3, -0.25) is 9.36 Å². The van der Waals surface area contributed by atoms with E-state index in [0.717, 1.165) is 42.0 Å². The highest BCUT2D eigenvalue weighted by Crippen LogP contribution is 2.34. The minimum atomic E-state index is 0.114. The van der Waals surface area contributed by atoms with E-state index in [9.17, 15) is 4.79 Å². The summed E-state index contributed by atoms with van der Waals surface area (Å²) in [7, 11) is 0. The quantitative estimate of drug-likeness (QED) is 0.563. The maximum absolute atomic E-state index is 13.2. The first kappa shape index (κ1) is 20.1. The molecule has 2 aromatic carbocycles. The average molecular weight is 434 g/mol. The van der Waals surface area contributed by atoms with Crippen LogP contribution in [-0.4, -0.2) is 45.6 Å². The van der Waals surface area contributed by atoms with Gasteiger partial charge in [-0.25, -0.2) is 0 Å². The SMILES string of the molecule is Cc1ccc(-n2c(SCC(=O)N3c4ccccc4CC3C)nnc2N2CCCC2)cc1. The van der Waals surface area contributed by atoms with Crippen molar-refractivity contribution in [3.05, 3.63) is 59.7 Å². The van der Waals surface area contributed by atoms with Gasteiger partial charge in [0.1, 0.15) is 0 Å². The van der Waals surface area contributed by atoms with Crippen LogP contribution in [0.2, 0.25) is 0 Å². The highest BCUT2D eigenvalue weighted by Gasteiger charge is 2.31. The molecule has 0 saturated carbocycles. The lowest BCUT2D eigenvalue weighted by atomic mass is 10.1. The van der Waals surface area contributed by atoms with Gasteiger partial charge in [-0.05, 0) is 56.9 Å². The number of hydrogen-bond acceptors (Lipinski definition) is 5. The Morgan fingerprint density at radius 1 is 1.06 bits per heavy atom. The van der Waals surface area contributed by atoms with Crippen LogP contribution in [0, 0.1) is 6.92 Å². The van der Waals surface area contributed by atoms with Crippen molar-refractivity contribution in [2.45, 2.75) is 44.3 Å².